The zero-order valence-corrected chi connectivity index (χ0v) is 17.3. The molecule has 2 fully saturated rings. The Morgan fingerprint density at radius 3 is 2.57 bits per heavy atom. The summed E-state index contributed by atoms with van der Waals surface area (Å²) in [5.74, 6) is 1.41. The summed E-state index contributed by atoms with van der Waals surface area (Å²) in [7, 11) is 0. The van der Waals surface area contributed by atoms with E-state index in [0.717, 1.165) is 48.2 Å². The Labute approximate surface area is 180 Å². The van der Waals surface area contributed by atoms with Crippen LogP contribution in [0.3, 0.4) is 0 Å². The lowest BCUT2D eigenvalue weighted by Gasteiger charge is -2.22. The molecule has 154 valence electrons. The number of halogens is 2. The average Bonchev–Trinajstić information content (AvgIpc) is 3.27. The molecule has 1 aliphatic carbocycles. The van der Waals surface area contributed by atoms with Gasteiger partial charge in [-0.3, -0.25) is 9.78 Å². The summed E-state index contributed by atoms with van der Waals surface area (Å²) in [6.07, 6.45) is 4.48. The van der Waals surface area contributed by atoms with Gasteiger partial charge in [-0.2, -0.15) is 0 Å². The molecule has 2 aromatic carbocycles. The molecule has 1 aliphatic heterocycles. The predicted molar refractivity (Wildman–Crippen MR) is 118 cm³/mol. The second kappa shape index (κ2) is 7.88. The topological polar surface area (TPSA) is 45.2 Å². The number of hydrogen-bond donors (Lipinski definition) is 1. The van der Waals surface area contributed by atoms with Crippen LogP contribution in [0.2, 0.25) is 5.02 Å². The Morgan fingerprint density at radius 2 is 1.83 bits per heavy atom. The van der Waals surface area contributed by atoms with Crippen molar-refractivity contribution >= 4 is 39.8 Å². The van der Waals surface area contributed by atoms with E-state index in [4.69, 9.17) is 11.6 Å². The van der Waals surface area contributed by atoms with Crippen LogP contribution in [0, 0.1) is 23.6 Å². The minimum atomic E-state index is -0.233. The van der Waals surface area contributed by atoms with Gasteiger partial charge in [0.15, 0.2) is 0 Å². The third-order valence-corrected chi connectivity index (χ3v) is 6.72. The summed E-state index contributed by atoms with van der Waals surface area (Å²) in [6.45, 7) is 1.91. The van der Waals surface area contributed by atoms with Crippen LogP contribution in [-0.4, -0.2) is 24.0 Å². The Balaban J connectivity index is 1.21. The number of rotatable bonds is 4. The first-order valence-corrected chi connectivity index (χ1v) is 10.8. The number of nitrogens with one attached hydrogen (secondary N) is 1. The maximum atomic E-state index is 13.8. The fourth-order valence-corrected chi connectivity index (χ4v) is 5.30. The smallest absolute Gasteiger partial charge is 0.224 e. The van der Waals surface area contributed by atoms with Crippen LogP contribution in [0.25, 0.3) is 10.9 Å². The van der Waals surface area contributed by atoms with Crippen LogP contribution < -0.4 is 10.2 Å². The molecule has 5 rings (SSSR count). The highest BCUT2D eigenvalue weighted by atomic mass is 35.5. The molecule has 1 amide bonds. The van der Waals surface area contributed by atoms with Gasteiger partial charge in [0.25, 0.3) is 0 Å². The maximum Gasteiger partial charge on any atom is 0.224 e. The van der Waals surface area contributed by atoms with Gasteiger partial charge in [-0.1, -0.05) is 11.6 Å². The predicted octanol–water partition coefficient (Wildman–Crippen LogP) is 5.52. The Kier molecular flexibility index (Phi) is 5.07. The number of aromatic nitrogens is 1. The Morgan fingerprint density at radius 1 is 1.10 bits per heavy atom. The largest absolute Gasteiger partial charge is 0.370 e. The minimum absolute atomic E-state index is 0.0646. The molecule has 1 unspecified atom stereocenters. The second-order valence-electron chi connectivity index (χ2n) is 8.51. The number of hydrogen-bond acceptors (Lipinski definition) is 3. The molecular formula is C24H23ClFN3O. The molecule has 1 saturated heterocycles. The maximum absolute atomic E-state index is 13.8. The average molecular weight is 424 g/mol. The number of carbonyl (C=O) groups is 1. The molecule has 0 spiro atoms. The first-order chi connectivity index (χ1) is 14.5. The second-order valence-corrected chi connectivity index (χ2v) is 8.95. The van der Waals surface area contributed by atoms with Crippen molar-refractivity contribution in [3.05, 3.63) is 65.6 Å². The van der Waals surface area contributed by atoms with Crippen LogP contribution in [0.4, 0.5) is 15.8 Å². The molecule has 1 N–H and O–H groups in total. The molecule has 3 atom stereocenters. The number of anilines is 2. The summed E-state index contributed by atoms with van der Waals surface area (Å²) < 4.78 is 13.8. The highest BCUT2D eigenvalue weighted by Gasteiger charge is 2.41. The lowest BCUT2D eigenvalue weighted by Crippen LogP contribution is -2.23. The molecule has 6 heteroatoms. The van der Waals surface area contributed by atoms with Crippen molar-refractivity contribution in [1.82, 2.24) is 4.98 Å². The van der Waals surface area contributed by atoms with E-state index in [1.54, 1.807) is 30.5 Å². The summed E-state index contributed by atoms with van der Waals surface area (Å²) in [5, 5.41) is 4.50. The van der Waals surface area contributed by atoms with E-state index in [-0.39, 0.29) is 11.7 Å². The molecule has 2 aliphatic rings. The van der Waals surface area contributed by atoms with Crippen molar-refractivity contribution in [2.45, 2.75) is 19.3 Å². The fourth-order valence-electron chi connectivity index (χ4n) is 5.18. The fraction of sp³-hybridized carbons (Fsp3) is 0.333. The van der Waals surface area contributed by atoms with Crippen molar-refractivity contribution in [2.24, 2.45) is 17.8 Å². The molecule has 2 heterocycles. The van der Waals surface area contributed by atoms with Gasteiger partial charge in [0.2, 0.25) is 5.91 Å². The quantitative estimate of drug-likeness (QED) is 0.601. The lowest BCUT2D eigenvalue weighted by atomic mass is 10.0. The van der Waals surface area contributed by atoms with Crippen LogP contribution in [0.5, 0.6) is 0 Å². The number of carbonyl (C=O) groups excluding carboxylic acids is 1. The Bertz CT molecular complexity index is 1070. The van der Waals surface area contributed by atoms with Crippen molar-refractivity contribution in [3.8, 4) is 0 Å². The van der Waals surface area contributed by atoms with E-state index < -0.39 is 0 Å². The number of fused-ring (bicyclic) bond motifs is 2. The molecule has 0 radical (unpaired) electrons. The summed E-state index contributed by atoms with van der Waals surface area (Å²) in [6, 6.07) is 14.0. The summed E-state index contributed by atoms with van der Waals surface area (Å²) in [5.41, 5.74) is 2.67. The van der Waals surface area contributed by atoms with Crippen molar-refractivity contribution < 1.29 is 9.18 Å². The van der Waals surface area contributed by atoms with E-state index in [1.165, 1.54) is 6.07 Å². The normalized spacial score (nSPS) is 23.0. The van der Waals surface area contributed by atoms with Crippen molar-refractivity contribution in [3.63, 3.8) is 0 Å². The van der Waals surface area contributed by atoms with Gasteiger partial charge >= 0.3 is 0 Å². The van der Waals surface area contributed by atoms with Crippen molar-refractivity contribution in [1.29, 1.82) is 0 Å². The molecule has 3 aromatic rings. The van der Waals surface area contributed by atoms with Crippen LogP contribution >= 0.6 is 11.6 Å². The van der Waals surface area contributed by atoms with Gasteiger partial charge in [-0.25, -0.2) is 4.39 Å². The number of pyridine rings is 1. The van der Waals surface area contributed by atoms with Gasteiger partial charge < -0.3 is 10.2 Å². The highest BCUT2D eigenvalue weighted by molar-refractivity contribution is 6.30. The van der Waals surface area contributed by atoms with Gasteiger partial charge in [-0.15, -0.1) is 0 Å². The van der Waals surface area contributed by atoms with Crippen molar-refractivity contribution in [2.75, 3.05) is 23.3 Å². The van der Waals surface area contributed by atoms with E-state index in [1.807, 2.05) is 18.2 Å². The lowest BCUT2D eigenvalue weighted by molar-refractivity contribution is -0.117. The molecule has 4 nitrogen and oxygen atoms in total. The number of benzene rings is 2. The van der Waals surface area contributed by atoms with Crippen LogP contribution in [0.1, 0.15) is 19.3 Å². The minimum Gasteiger partial charge on any atom is -0.370 e. The molecule has 1 aromatic heterocycles. The van der Waals surface area contributed by atoms with Gasteiger partial charge in [0.05, 0.1) is 5.52 Å². The zero-order valence-electron chi connectivity index (χ0n) is 16.5. The van der Waals surface area contributed by atoms with E-state index >= 15 is 0 Å². The monoisotopic (exact) mass is 423 g/mol. The third kappa shape index (κ3) is 3.86. The first-order valence-electron chi connectivity index (χ1n) is 10.4. The molecule has 0 bridgehead atoms. The first kappa shape index (κ1) is 19.3. The number of amides is 1. The molecule has 1 saturated carbocycles. The highest BCUT2D eigenvalue weighted by Crippen LogP contribution is 2.45. The standard InChI is InChI=1S/C24H23ClFN3O/c25-18-1-4-20(5-2-18)28-24(30)11-15-9-16-13-29(14-17(16)10-15)23-7-8-27-22-6-3-19(26)12-21(22)23/h1-8,12,15-17H,9-11,13-14H2,(H,28,30)/t15?,16-,17+. The third-order valence-electron chi connectivity index (χ3n) is 6.47. The van der Waals surface area contributed by atoms with E-state index in [2.05, 4.69) is 15.2 Å². The molecule has 30 heavy (non-hydrogen) atoms. The van der Waals surface area contributed by atoms with Gasteiger partial charge in [0, 0.05) is 47.5 Å². The number of nitrogens with zero attached hydrogens (tertiary/aromatic N) is 2. The Hall–Kier alpha value is -2.66. The van der Waals surface area contributed by atoms with Crippen LogP contribution in [0.15, 0.2) is 54.7 Å². The van der Waals surface area contributed by atoms with E-state index in [9.17, 15) is 9.18 Å². The summed E-state index contributed by atoms with van der Waals surface area (Å²) in [4.78, 5) is 19.2. The van der Waals surface area contributed by atoms with Gasteiger partial charge in [-0.05, 0) is 79.1 Å². The van der Waals surface area contributed by atoms with E-state index in [0.29, 0.717) is 29.2 Å². The zero-order chi connectivity index (χ0) is 20.7. The summed E-state index contributed by atoms with van der Waals surface area (Å²) >= 11 is 5.90. The SMILES string of the molecule is O=C(CC1C[C@@H]2CN(c3ccnc4ccc(F)cc34)C[C@@H]2C1)Nc1ccc(Cl)cc1. The van der Waals surface area contributed by atoms with Crippen LogP contribution in [-0.2, 0) is 4.79 Å². The van der Waals surface area contributed by atoms with Gasteiger partial charge in [0.1, 0.15) is 5.82 Å². The molecular weight excluding hydrogens is 401 g/mol.